The van der Waals surface area contributed by atoms with Crippen LogP contribution in [0.5, 0.6) is 0 Å². The molecule has 0 saturated carbocycles. The van der Waals surface area contributed by atoms with Gasteiger partial charge in [-0.1, -0.05) is 22.9 Å². The van der Waals surface area contributed by atoms with Crippen molar-refractivity contribution in [3.8, 4) is 0 Å². The predicted molar refractivity (Wildman–Crippen MR) is 71.3 cm³/mol. The largest absolute Gasteiger partial charge is 0.465 e. The fraction of sp³-hybridized carbons (Fsp3) is 0.556. The first-order valence-electron chi connectivity index (χ1n) is 4.92. The van der Waals surface area contributed by atoms with E-state index in [1.807, 2.05) is 0 Å². The fourth-order valence-corrected chi connectivity index (χ4v) is 3.49. The number of rotatable bonds is 5. The molecule has 1 N–H and O–H groups in total. The van der Waals surface area contributed by atoms with Gasteiger partial charge in [0.25, 0.3) is 0 Å². The maximum Gasteiger partial charge on any atom is 0.351 e. The normalized spacial score (nSPS) is 13.1. The Morgan fingerprint density at radius 3 is 2.72 bits per heavy atom. The Bertz CT molecular complexity index is 541. The van der Waals surface area contributed by atoms with Gasteiger partial charge in [-0.15, -0.1) is 0 Å². The van der Waals surface area contributed by atoms with Crippen molar-refractivity contribution >= 4 is 43.9 Å². The Morgan fingerprint density at radius 1 is 1.61 bits per heavy atom. The zero-order valence-electron chi connectivity index (χ0n) is 10.1. The lowest BCUT2D eigenvalue weighted by atomic mass is 10.4. The van der Waals surface area contributed by atoms with Crippen molar-refractivity contribution < 1.29 is 17.9 Å². The number of nitrogens with zero attached hydrogens (tertiary/aromatic N) is 1. The van der Waals surface area contributed by atoms with Crippen LogP contribution >= 0.6 is 22.9 Å². The molecule has 1 aromatic rings. The Labute approximate surface area is 114 Å². The number of aromatic nitrogens is 1. The molecule has 1 heterocycles. The van der Waals surface area contributed by atoms with Crippen LogP contribution in [-0.4, -0.2) is 44.5 Å². The topological polar surface area (TPSA) is 85.4 Å². The van der Waals surface area contributed by atoms with Crippen LogP contribution in [0.15, 0.2) is 0 Å². The van der Waals surface area contributed by atoms with Crippen molar-refractivity contribution in [2.24, 2.45) is 0 Å². The molecule has 6 nitrogen and oxygen atoms in total. The summed E-state index contributed by atoms with van der Waals surface area (Å²) in [6.07, 6.45) is 1.15. The average molecular weight is 313 g/mol. The maximum absolute atomic E-state index is 11.3. The lowest BCUT2D eigenvalue weighted by molar-refractivity contribution is 0.0606. The third-order valence-corrected chi connectivity index (χ3v) is 4.34. The Hall–Kier alpha value is -0.860. The zero-order valence-corrected chi connectivity index (χ0v) is 12.4. The molecule has 1 atom stereocenters. The first-order valence-corrected chi connectivity index (χ1v) is 8.17. The SMILES string of the molecule is COC(=O)c1sc(NC(C)CS(C)(=O)=O)nc1Cl. The summed E-state index contributed by atoms with van der Waals surface area (Å²) in [7, 11) is -1.83. The first-order chi connectivity index (χ1) is 8.23. The number of hydrogen-bond acceptors (Lipinski definition) is 7. The van der Waals surface area contributed by atoms with E-state index in [-0.39, 0.29) is 21.8 Å². The third-order valence-electron chi connectivity index (χ3n) is 1.88. The van der Waals surface area contributed by atoms with E-state index < -0.39 is 15.8 Å². The van der Waals surface area contributed by atoms with Crippen LogP contribution in [0.2, 0.25) is 5.15 Å². The highest BCUT2D eigenvalue weighted by Crippen LogP contribution is 2.27. The summed E-state index contributed by atoms with van der Waals surface area (Å²) in [5.74, 6) is -0.598. The molecule has 0 radical (unpaired) electrons. The second-order valence-electron chi connectivity index (χ2n) is 3.77. The summed E-state index contributed by atoms with van der Waals surface area (Å²) in [4.78, 5) is 15.4. The number of methoxy groups -OCH3 is 1. The number of carbonyl (C=O) groups excluding carboxylic acids is 1. The van der Waals surface area contributed by atoms with E-state index in [2.05, 4.69) is 15.0 Å². The van der Waals surface area contributed by atoms with Crippen LogP contribution in [0, 0.1) is 0 Å². The van der Waals surface area contributed by atoms with Gasteiger partial charge in [0.2, 0.25) is 0 Å². The summed E-state index contributed by atoms with van der Waals surface area (Å²) in [6, 6.07) is -0.326. The molecule has 18 heavy (non-hydrogen) atoms. The maximum atomic E-state index is 11.3. The molecule has 0 aliphatic carbocycles. The van der Waals surface area contributed by atoms with Crippen molar-refractivity contribution in [2.45, 2.75) is 13.0 Å². The molecule has 1 aromatic heterocycles. The smallest absolute Gasteiger partial charge is 0.351 e. The molecule has 0 aliphatic heterocycles. The van der Waals surface area contributed by atoms with Gasteiger partial charge < -0.3 is 10.1 Å². The third kappa shape index (κ3) is 4.43. The van der Waals surface area contributed by atoms with E-state index in [0.29, 0.717) is 5.13 Å². The number of hydrogen-bond donors (Lipinski definition) is 1. The molecule has 0 bridgehead atoms. The van der Waals surface area contributed by atoms with Crippen LogP contribution in [0.1, 0.15) is 16.6 Å². The molecule has 0 spiro atoms. The lowest BCUT2D eigenvalue weighted by Gasteiger charge is -2.10. The monoisotopic (exact) mass is 312 g/mol. The van der Waals surface area contributed by atoms with E-state index in [4.69, 9.17) is 11.6 Å². The van der Waals surface area contributed by atoms with Crippen LogP contribution in [0.4, 0.5) is 5.13 Å². The first kappa shape index (κ1) is 15.2. The van der Waals surface area contributed by atoms with E-state index in [1.54, 1.807) is 6.92 Å². The number of anilines is 1. The summed E-state index contributed by atoms with van der Waals surface area (Å²) in [5.41, 5.74) is 0. The average Bonchev–Trinajstić information content (AvgIpc) is 2.55. The van der Waals surface area contributed by atoms with Gasteiger partial charge >= 0.3 is 5.97 Å². The number of sulfone groups is 1. The van der Waals surface area contributed by atoms with Crippen LogP contribution < -0.4 is 5.32 Å². The standard InChI is InChI=1S/C9H13ClN2O4S2/c1-5(4-18(3,14)15)11-9-12-7(10)6(17-9)8(13)16-2/h5H,4H2,1-3H3,(H,11,12). The molecule has 0 aliphatic rings. The van der Waals surface area contributed by atoms with Gasteiger partial charge in [-0.25, -0.2) is 18.2 Å². The highest BCUT2D eigenvalue weighted by Gasteiger charge is 2.19. The van der Waals surface area contributed by atoms with Crippen LogP contribution in [0.3, 0.4) is 0 Å². The number of ether oxygens (including phenoxy) is 1. The molecule has 0 saturated heterocycles. The van der Waals surface area contributed by atoms with Gasteiger partial charge in [0.05, 0.1) is 12.9 Å². The van der Waals surface area contributed by atoms with Gasteiger partial charge in [0.1, 0.15) is 9.84 Å². The molecule has 9 heteroatoms. The Morgan fingerprint density at radius 2 is 2.22 bits per heavy atom. The Kier molecular flexibility index (Phi) is 4.94. The molecule has 1 unspecified atom stereocenters. The fourth-order valence-electron chi connectivity index (χ4n) is 1.29. The molecular weight excluding hydrogens is 300 g/mol. The van der Waals surface area contributed by atoms with Gasteiger partial charge in [0.15, 0.2) is 15.2 Å². The van der Waals surface area contributed by atoms with E-state index >= 15 is 0 Å². The zero-order chi connectivity index (χ0) is 13.9. The lowest BCUT2D eigenvalue weighted by Crippen LogP contribution is -2.24. The number of halogens is 1. The summed E-state index contributed by atoms with van der Waals surface area (Å²) in [6.45, 7) is 1.70. The minimum absolute atomic E-state index is 0.0300. The minimum atomic E-state index is -3.08. The van der Waals surface area contributed by atoms with E-state index in [0.717, 1.165) is 17.6 Å². The molecule has 0 amide bonds. The van der Waals surface area contributed by atoms with Gasteiger partial charge in [0, 0.05) is 12.3 Å². The molecular formula is C9H13ClN2O4S2. The second-order valence-corrected chi connectivity index (χ2v) is 7.31. The molecule has 0 fully saturated rings. The number of carbonyl (C=O) groups is 1. The van der Waals surface area contributed by atoms with Crippen molar-refractivity contribution in [2.75, 3.05) is 24.4 Å². The van der Waals surface area contributed by atoms with Crippen LogP contribution in [-0.2, 0) is 14.6 Å². The summed E-state index contributed by atoms with van der Waals surface area (Å²) < 4.78 is 26.7. The second kappa shape index (κ2) is 5.85. The number of esters is 1. The molecule has 0 aromatic carbocycles. The van der Waals surface area contributed by atoms with Crippen molar-refractivity contribution in [3.63, 3.8) is 0 Å². The highest BCUT2D eigenvalue weighted by atomic mass is 35.5. The van der Waals surface area contributed by atoms with Crippen LogP contribution in [0.25, 0.3) is 0 Å². The van der Waals surface area contributed by atoms with Gasteiger partial charge in [-0.2, -0.15) is 0 Å². The summed E-state index contributed by atoms with van der Waals surface area (Å²) in [5, 5.41) is 3.30. The molecule has 1 rings (SSSR count). The Balaban J connectivity index is 2.78. The van der Waals surface area contributed by atoms with E-state index in [9.17, 15) is 13.2 Å². The predicted octanol–water partition coefficient (Wildman–Crippen LogP) is 1.43. The van der Waals surface area contributed by atoms with Crippen molar-refractivity contribution in [1.29, 1.82) is 0 Å². The van der Waals surface area contributed by atoms with Gasteiger partial charge in [-0.3, -0.25) is 0 Å². The number of nitrogens with one attached hydrogen (secondary N) is 1. The summed E-state index contributed by atoms with van der Waals surface area (Å²) >= 11 is 6.80. The van der Waals surface area contributed by atoms with Crippen molar-refractivity contribution in [1.82, 2.24) is 4.98 Å². The highest BCUT2D eigenvalue weighted by molar-refractivity contribution is 7.90. The van der Waals surface area contributed by atoms with Gasteiger partial charge in [-0.05, 0) is 6.92 Å². The van der Waals surface area contributed by atoms with Crippen molar-refractivity contribution in [3.05, 3.63) is 10.0 Å². The quantitative estimate of drug-likeness (QED) is 0.828. The van der Waals surface area contributed by atoms with E-state index in [1.165, 1.54) is 7.11 Å². The molecule has 102 valence electrons. The number of thiazole rings is 1. The minimum Gasteiger partial charge on any atom is -0.465 e.